The molecule has 2 unspecified atom stereocenters. The van der Waals surface area contributed by atoms with Crippen molar-refractivity contribution in [2.75, 3.05) is 0 Å². The number of aromatic amines is 2. The summed E-state index contributed by atoms with van der Waals surface area (Å²) in [5.74, 6) is -0.301. The molecule has 0 aliphatic heterocycles. The second-order valence-electron chi connectivity index (χ2n) is 14.9. The first kappa shape index (κ1) is 32.4. The van der Waals surface area contributed by atoms with E-state index in [1.54, 1.807) is 6.92 Å². The van der Waals surface area contributed by atoms with E-state index >= 15 is 0 Å². The molecule has 2 atom stereocenters. The predicted octanol–water partition coefficient (Wildman–Crippen LogP) is 7.18. The molecule has 4 nitrogen and oxygen atoms in total. The number of aliphatic hydroxyl groups excluding tert-OH is 1. The Balaban J connectivity index is 0.00000612. The van der Waals surface area contributed by atoms with Crippen molar-refractivity contribution in [2.45, 2.75) is 143 Å². The Bertz CT molecular complexity index is 913. The number of H-pyrrole nitrogens is 2. The van der Waals surface area contributed by atoms with E-state index in [2.05, 4.69) is 105 Å². The SMILES string of the molecule is CC(O)CC(C)(O)C(c1cc(C(C)(C)C)[nH]c1C(C)(C)C)c1cc(C(C)(C)C)[nH]c1C(C)(C)C.[Zr]. The van der Waals surface area contributed by atoms with Gasteiger partial charge in [-0.1, -0.05) is 83.1 Å². The maximum absolute atomic E-state index is 12.1. The molecule has 4 N–H and O–H groups in total. The van der Waals surface area contributed by atoms with E-state index in [9.17, 15) is 10.2 Å². The molecule has 2 heterocycles. The standard InChI is InChI=1S/C30H52N2O2.Zr/c1-18(33)17-30(14,34)23(19-15-21(26(2,3)4)31-24(19)28(8,9)10)20-16-22(27(5,6)7)32-25(20)29(11,12)13;/h15-16,18,23,31-34H,17H2,1-14H3;. The average molecular weight is 564 g/mol. The molecule has 5 heteroatoms. The minimum atomic E-state index is -1.15. The van der Waals surface area contributed by atoms with Gasteiger partial charge in [0.1, 0.15) is 0 Å². The molecule has 0 amide bonds. The van der Waals surface area contributed by atoms with Crippen LogP contribution in [0.15, 0.2) is 12.1 Å². The Kier molecular flexibility index (Phi) is 9.49. The smallest absolute Gasteiger partial charge is 0.0754 e. The number of hydrogen-bond donors (Lipinski definition) is 4. The van der Waals surface area contributed by atoms with Crippen LogP contribution in [0.2, 0.25) is 0 Å². The van der Waals surface area contributed by atoms with Crippen LogP contribution < -0.4 is 0 Å². The van der Waals surface area contributed by atoms with E-state index in [1.165, 1.54) is 0 Å². The van der Waals surface area contributed by atoms with Crippen LogP contribution in [0.5, 0.6) is 0 Å². The summed E-state index contributed by atoms with van der Waals surface area (Å²) < 4.78 is 0. The molecule has 0 radical (unpaired) electrons. The van der Waals surface area contributed by atoms with Crippen molar-refractivity contribution < 1.29 is 36.4 Å². The number of rotatable bonds is 5. The minimum Gasteiger partial charge on any atom is -0.393 e. The molecule has 0 fully saturated rings. The van der Waals surface area contributed by atoms with Gasteiger partial charge in [-0.15, -0.1) is 0 Å². The van der Waals surface area contributed by atoms with Crippen LogP contribution in [0.1, 0.15) is 143 Å². The van der Waals surface area contributed by atoms with Gasteiger partial charge in [0.25, 0.3) is 0 Å². The molecule has 35 heavy (non-hydrogen) atoms. The van der Waals surface area contributed by atoms with Gasteiger partial charge in [0, 0.05) is 83.0 Å². The van der Waals surface area contributed by atoms with E-state index in [4.69, 9.17) is 0 Å². The zero-order valence-corrected chi connectivity index (χ0v) is 27.4. The Hall–Kier alpha value is -0.637. The van der Waals surface area contributed by atoms with Crippen LogP contribution in [0.3, 0.4) is 0 Å². The van der Waals surface area contributed by atoms with E-state index in [1.807, 2.05) is 6.92 Å². The van der Waals surface area contributed by atoms with Gasteiger partial charge in [0.15, 0.2) is 0 Å². The summed E-state index contributed by atoms with van der Waals surface area (Å²) in [5, 5.41) is 22.5. The van der Waals surface area contributed by atoms with E-state index in [0.717, 1.165) is 33.9 Å². The van der Waals surface area contributed by atoms with Crippen LogP contribution in [-0.2, 0) is 47.9 Å². The molecule has 2 rings (SSSR count). The summed E-state index contributed by atoms with van der Waals surface area (Å²) in [6.45, 7) is 30.3. The molecule has 0 aromatic carbocycles. The summed E-state index contributed by atoms with van der Waals surface area (Å²) in [6.07, 6.45) is -0.326. The normalized spacial score (nSPS) is 16.3. The first-order valence-electron chi connectivity index (χ1n) is 12.8. The summed E-state index contributed by atoms with van der Waals surface area (Å²) in [7, 11) is 0. The molecule has 0 saturated heterocycles. The molecule has 2 aromatic rings. The van der Waals surface area contributed by atoms with Gasteiger partial charge in [-0.25, -0.2) is 0 Å². The van der Waals surface area contributed by atoms with Gasteiger partial charge in [0.05, 0.1) is 11.7 Å². The van der Waals surface area contributed by atoms with Crippen LogP contribution >= 0.6 is 0 Å². The van der Waals surface area contributed by atoms with Crippen LogP contribution in [0, 0.1) is 0 Å². The zero-order chi connectivity index (χ0) is 26.7. The Morgan fingerprint density at radius 2 is 0.971 bits per heavy atom. The molecular formula is C30H52N2O2Zr. The predicted molar refractivity (Wildman–Crippen MR) is 145 cm³/mol. The van der Waals surface area contributed by atoms with Gasteiger partial charge in [-0.3, -0.25) is 0 Å². The Labute approximate surface area is 234 Å². The first-order chi connectivity index (χ1) is 15.0. The van der Waals surface area contributed by atoms with Crippen LogP contribution in [-0.4, -0.2) is 31.9 Å². The third-order valence-corrected chi connectivity index (χ3v) is 6.76. The maximum Gasteiger partial charge on any atom is 0.0754 e. The summed E-state index contributed by atoms with van der Waals surface area (Å²) in [5.41, 5.74) is 5.32. The Morgan fingerprint density at radius 1 is 0.657 bits per heavy atom. The van der Waals surface area contributed by atoms with Gasteiger partial charge in [-0.05, 0) is 37.1 Å². The van der Waals surface area contributed by atoms with Crippen molar-refractivity contribution in [1.82, 2.24) is 9.97 Å². The van der Waals surface area contributed by atoms with Crippen LogP contribution in [0.4, 0.5) is 0 Å². The zero-order valence-electron chi connectivity index (χ0n) is 24.9. The van der Waals surface area contributed by atoms with Crippen molar-refractivity contribution in [1.29, 1.82) is 0 Å². The third kappa shape index (κ3) is 7.45. The van der Waals surface area contributed by atoms with E-state index in [0.29, 0.717) is 0 Å². The Morgan fingerprint density at radius 3 is 1.20 bits per heavy atom. The van der Waals surface area contributed by atoms with Gasteiger partial charge in [-0.2, -0.15) is 0 Å². The van der Waals surface area contributed by atoms with Gasteiger partial charge < -0.3 is 20.2 Å². The first-order valence-corrected chi connectivity index (χ1v) is 12.8. The molecular weight excluding hydrogens is 512 g/mol. The minimum absolute atomic E-state index is 0. The summed E-state index contributed by atoms with van der Waals surface area (Å²) in [4.78, 5) is 7.50. The number of nitrogens with one attached hydrogen (secondary N) is 2. The van der Waals surface area contributed by atoms with Crippen molar-refractivity contribution in [3.8, 4) is 0 Å². The second kappa shape index (κ2) is 10.3. The molecule has 0 aliphatic carbocycles. The quantitative estimate of drug-likeness (QED) is 0.311. The number of aromatic nitrogens is 2. The molecule has 0 aliphatic rings. The fourth-order valence-electron chi connectivity index (χ4n) is 5.00. The van der Waals surface area contributed by atoms with Crippen molar-refractivity contribution in [2.24, 2.45) is 0 Å². The molecule has 0 bridgehead atoms. The number of hydrogen-bond acceptors (Lipinski definition) is 2. The summed E-state index contributed by atoms with van der Waals surface area (Å²) in [6, 6.07) is 4.52. The summed E-state index contributed by atoms with van der Waals surface area (Å²) >= 11 is 0. The molecule has 2 aromatic heterocycles. The van der Waals surface area contributed by atoms with Gasteiger partial charge >= 0.3 is 0 Å². The van der Waals surface area contributed by atoms with Crippen LogP contribution in [0.25, 0.3) is 0 Å². The fourth-order valence-corrected chi connectivity index (χ4v) is 5.00. The monoisotopic (exact) mass is 562 g/mol. The fraction of sp³-hybridized carbons (Fsp3) is 0.733. The molecule has 0 spiro atoms. The topological polar surface area (TPSA) is 72.0 Å². The second-order valence-corrected chi connectivity index (χ2v) is 14.9. The molecule has 0 saturated carbocycles. The van der Waals surface area contributed by atoms with Crippen molar-refractivity contribution in [3.05, 3.63) is 46.0 Å². The third-order valence-electron chi connectivity index (χ3n) is 6.76. The van der Waals surface area contributed by atoms with E-state index in [-0.39, 0.29) is 60.2 Å². The maximum atomic E-state index is 12.1. The average Bonchev–Trinajstić information content (AvgIpc) is 3.16. The van der Waals surface area contributed by atoms with Gasteiger partial charge in [0.2, 0.25) is 0 Å². The van der Waals surface area contributed by atoms with E-state index < -0.39 is 11.7 Å². The number of aliphatic hydroxyl groups is 2. The van der Waals surface area contributed by atoms with Crippen molar-refractivity contribution >= 4 is 0 Å². The van der Waals surface area contributed by atoms with Crippen molar-refractivity contribution in [3.63, 3.8) is 0 Å². The molecule has 198 valence electrons. The largest absolute Gasteiger partial charge is 0.393 e.